The van der Waals surface area contributed by atoms with Gasteiger partial charge >= 0.3 is 0 Å². The topological polar surface area (TPSA) is 72.2 Å². The maximum absolute atomic E-state index is 12.5. The third kappa shape index (κ3) is 2.97. The van der Waals surface area contributed by atoms with Gasteiger partial charge in [-0.15, -0.1) is 10.2 Å². The zero-order valence-electron chi connectivity index (χ0n) is 14.6. The van der Waals surface area contributed by atoms with Gasteiger partial charge in [0.15, 0.2) is 5.82 Å². The highest BCUT2D eigenvalue weighted by Crippen LogP contribution is 2.28. The third-order valence-corrected chi connectivity index (χ3v) is 5.10. The van der Waals surface area contributed by atoms with Gasteiger partial charge in [-0.3, -0.25) is 4.79 Å². The molecule has 0 saturated carbocycles. The van der Waals surface area contributed by atoms with Crippen molar-refractivity contribution in [1.29, 1.82) is 0 Å². The second-order valence-corrected chi connectivity index (χ2v) is 7.16. The molecule has 130 valence electrons. The molecule has 26 heavy (non-hydrogen) atoms. The molecule has 6 nitrogen and oxygen atoms in total. The number of aryl methyl sites for hydroxylation is 3. The van der Waals surface area contributed by atoms with Crippen LogP contribution in [0.5, 0.6) is 0 Å². The number of anilines is 1. The third-order valence-electron chi connectivity index (χ3n) is 4.15. The summed E-state index contributed by atoms with van der Waals surface area (Å²) in [6.07, 6.45) is 0. The summed E-state index contributed by atoms with van der Waals surface area (Å²) in [4.78, 5) is 13.2. The summed E-state index contributed by atoms with van der Waals surface area (Å²) in [6.45, 7) is 5.82. The van der Waals surface area contributed by atoms with E-state index < -0.39 is 0 Å². The second-order valence-electron chi connectivity index (χ2n) is 6.20. The number of nitrogens with zero attached hydrogens (tertiary/aromatic N) is 4. The molecule has 2 aromatic carbocycles. The van der Waals surface area contributed by atoms with Gasteiger partial charge in [-0.2, -0.15) is 9.61 Å². The van der Waals surface area contributed by atoms with Crippen LogP contribution in [0, 0.1) is 20.8 Å². The van der Waals surface area contributed by atoms with Gasteiger partial charge in [0.1, 0.15) is 5.01 Å². The van der Waals surface area contributed by atoms with Crippen molar-refractivity contribution in [2.45, 2.75) is 20.8 Å². The first-order chi connectivity index (χ1) is 12.5. The number of benzene rings is 2. The molecule has 0 spiro atoms. The standard InChI is InChI=1S/C19H17N5OS/c1-11-5-4-6-14(9-11)17(25)20-16-8-7-15(10-12(16)2)18-23-24-13(3)21-22-19(24)26-18/h4-10H,1-3H3,(H,20,25). The molecule has 0 aliphatic rings. The first kappa shape index (κ1) is 16.4. The van der Waals surface area contributed by atoms with Crippen molar-refractivity contribution in [3.63, 3.8) is 0 Å². The quantitative estimate of drug-likeness (QED) is 0.596. The van der Waals surface area contributed by atoms with Gasteiger partial charge in [0.2, 0.25) is 4.96 Å². The second kappa shape index (κ2) is 6.34. The van der Waals surface area contributed by atoms with Gasteiger partial charge in [0, 0.05) is 16.8 Å². The lowest BCUT2D eigenvalue weighted by atomic mass is 10.1. The van der Waals surface area contributed by atoms with Gasteiger partial charge in [-0.05, 0) is 56.7 Å². The summed E-state index contributed by atoms with van der Waals surface area (Å²) in [5, 5.41) is 16.5. The van der Waals surface area contributed by atoms with Crippen molar-refractivity contribution in [1.82, 2.24) is 19.8 Å². The minimum Gasteiger partial charge on any atom is -0.322 e. The molecule has 0 bridgehead atoms. The Morgan fingerprint density at radius 1 is 1.08 bits per heavy atom. The van der Waals surface area contributed by atoms with Crippen LogP contribution in [0.25, 0.3) is 15.5 Å². The highest BCUT2D eigenvalue weighted by molar-refractivity contribution is 7.19. The maximum atomic E-state index is 12.5. The van der Waals surface area contributed by atoms with Gasteiger partial charge in [0.05, 0.1) is 0 Å². The highest BCUT2D eigenvalue weighted by Gasteiger charge is 2.13. The van der Waals surface area contributed by atoms with Crippen LogP contribution < -0.4 is 5.32 Å². The molecule has 2 heterocycles. The Bertz CT molecular complexity index is 1130. The lowest BCUT2D eigenvalue weighted by Gasteiger charge is -2.10. The van der Waals surface area contributed by atoms with E-state index in [1.165, 1.54) is 11.3 Å². The van der Waals surface area contributed by atoms with Crippen LogP contribution in [0.4, 0.5) is 5.69 Å². The van der Waals surface area contributed by atoms with E-state index in [-0.39, 0.29) is 5.91 Å². The van der Waals surface area contributed by atoms with Crippen molar-refractivity contribution >= 4 is 27.9 Å². The van der Waals surface area contributed by atoms with Crippen molar-refractivity contribution in [3.05, 3.63) is 65.0 Å². The molecule has 0 aliphatic heterocycles. The Labute approximate surface area is 154 Å². The largest absolute Gasteiger partial charge is 0.322 e. The van der Waals surface area contributed by atoms with Crippen LogP contribution in [0.2, 0.25) is 0 Å². The van der Waals surface area contributed by atoms with E-state index in [2.05, 4.69) is 20.6 Å². The summed E-state index contributed by atoms with van der Waals surface area (Å²) >= 11 is 1.49. The van der Waals surface area contributed by atoms with E-state index in [9.17, 15) is 4.79 Å². The molecule has 4 aromatic rings. The molecule has 4 rings (SSSR count). The summed E-state index contributed by atoms with van der Waals surface area (Å²) in [5.74, 6) is 0.653. The van der Waals surface area contributed by atoms with Gasteiger partial charge in [-0.1, -0.05) is 29.0 Å². The molecule has 0 unspecified atom stereocenters. The summed E-state index contributed by atoms with van der Waals surface area (Å²) in [5.41, 5.74) is 4.47. The van der Waals surface area contributed by atoms with Crippen molar-refractivity contribution in [2.24, 2.45) is 0 Å². The van der Waals surface area contributed by atoms with Gasteiger partial charge < -0.3 is 5.32 Å². The number of nitrogens with one attached hydrogen (secondary N) is 1. The SMILES string of the molecule is Cc1cccc(C(=O)Nc2ccc(-c3nn4c(C)nnc4s3)cc2C)c1. The van der Waals surface area contributed by atoms with E-state index in [4.69, 9.17) is 0 Å². The molecule has 7 heteroatoms. The Morgan fingerprint density at radius 2 is 1.92 bits per heavy atom. The minimum atomic E-state index is -0.112. The van der Waals surface area contributed by atoms with Crippen LogP contribution in [0.1, 0.15) is 27.3 Å². The number of amides is 1. The fourth-order valence-corrected chi connectivity index (χ4v) is 3.63. The molecular formula is C19H17N5OS. The minimum absolute atomic E-state index is 0.112. The van der Waals surface area contributed by atoms with Crippen LogP contribution in [0.15, 0.2) is 42.5 Å². The number of fused-ring (bicyclic) bond motifs is 1. The number of aromatic nitrogens is 4. The fourth-order valence-electron chi connectivity index (χ4n) is 2.75. The zero-order chi connectivity index (χ0) is 18.3. The van der Waals surface area contributed by atoms with E-state index in [1.807, 2.05) is 63.2 Å². The number of rotatable bonds is 3. The van der Waals surface area contributed by atoms with Crippen LogP contribution in [0.3, 0.4) is 0 Å². The first-order valence-corrected chi connectivity index (χ1v) is 9.01. The molecule has 0 atom stereocenters. The average molecular weight is 363 g/mol. The Morgan fingerprint density at radius 3 is 2.65 bits per heavy atom. The Balaban J connectivity index is 1.60. The predicted octanol–water partition coefficient (Wildman–Crippen LogP) is 4.03. The lowest BCUT2D eigenvalue weighted by Crippen LogP contribution is -2.12. The number of carbonyl (C=O) groups excluding carboxylic acids is 1. The van der Waals surface area contributed by atoms with Crippen LogP contribution in [-0.2, 0) is 0 Å². The molecule has 1 N–H and O–H groups in total. The number of hydrogen-bond donors (Lipinski definition) is 1. The molecule has 0 aliphatic carbocycles. The van der Waals surface area contributed by atoms with Crippen molar-refractivity contribution in [3.8, 4) is 10.6 Å². The first-order valence-electron chi connectivity index (χ1n) is 8.19. The summed E-state index contributed by atoms with van der Waals surface area (Å²) in [7, 11) is 0. The average Bonchev–Trinajstić information content (AvgIpc) is 3.19. The van der Waals surface area contributed by atoms with E-state index in [1.54, 1.807) is 4.52 Å². The molecule has 2 aromatic heterocycles. The molecular weight excluding hydrogens is 346 g/mol. The number of hydrogen-bond acceptors (Lipinski definition) is 5. The van der Waals surface area contributed by atoms with Gasteiger partial charge in [0.25, 0.3) is 5.91 Å². The van der Waals surface area contributed by atoms with Gasteiger partial charge in [-0.25, -0.2) is 0 Å². The smallest absolute Gasteiger partial charge is 0.255 e. The molecule has 0 radical (unpaired) electrons. The maximum Gasteiger partial charge on any atom is 0.255 e. The fraction of sp³-hybridized carbons (Fsp3) is 0.158. The van der Waals surface area contributed by atoms with E-state index in [0.29, 0.717) is 5.56 Å². The summed E-state index contributed by atoms with van der Waals surface area (Å²) in [6, 6.07) is 13.4. The zero-order valence-corrected chi connectivity index (χ0v) is 15.5. The normalized spacial score (nSPS) is 11.0. The van der Waals surface area contributed by atoms with Crippen LogP contribution in [-0.4, -0.2) is 25.7 Å². The predicted molar refractivity (Wildman–Crippen MR) is 103 cm³/mol. The Kier molecular flexibility index (Phi) is 4.00. The highest BCUT2D eigenvalue weighted by atomic mass is 32.1. The van der Waals surface area contributed by atoms with Crippen molar-refractivity contribution in [2.75, 3.05) is 5.32 Å². The van der Waals surface area contributed by atoms with Crippen LogP contribution >= 0.6 is 11.3 Å². The monoisotopic (exact) mass is 363 g/mol. The molecule has 0 fully saturated rings. The van der Waals surface area contributed by atoms with E-state index >= 15 is 0 Å². The van der Waals surface area contributed by atoms with E-state index in [0.717, 1.165) is 38.2 Å². The Hall–Kier alpha value is -3.06. The van der Waals surface area contributed by atoms with Crippen molar-refractivity contribution < 1.29 is 4.79 Å². The number of carbonyl (C=O) groups is 1. The molecule has 0 saturated heterocycles. The summed E-state index contributed by atoms with van der Waals surface area (Å²) < 4.78 is 1.74. The molecule has 1 amide bonds. The lowest BCUT2D eigenvalue weighted by molar-refractivity contribution is 0.102.